The Morgan fingerprint density at radius 1 is 1.37 bits per heavy atom. The van der Waals surface area contributed by atoms with E-state index in [1.54, 1.807) is 23.1 Å². The summed E-state index contributed by atoms with van der Waals surface area (Å²) in [7, 11) is 0. The lowest BCUT2D eigenvalue weighted by atomic mass is 10.1. The Morgan fingerprint density at radius 2 is 2.11 bits per heavy atom. The van der Waals surface area contributed by atoms with Crippen LogP contribution in [0.1, 0.15) is 28.8 Å². The predicted molar refractivity (Wildman–Crippen MR) is 70.2 cm³/mol. The van der Waals surface area contributed by atoms with Gasteiger partial charge in [0.2, 0.25) is 5.91 Å². The number of nitrogens with zero attached hydrogens (tertiary/aromatic N) is 1. The van der Waals surface area contributed by atoms with E-state index in [4.69, 9.17) is 10.8 Å². The fourth-order valence-corrected chi connectivity index (χ4v) is 2.69. The second kappa shape index (κ2) is 4.06. The minimum Gasteiger partial charge on any atom is -0.478 e. The summed E-state index contributed by atoms with van der Waals surface area (Å²) < 4.78 is 0. The van der Waals surface area contributed by atoms with Gasteiger partial charge in [0.05, 0.1) is 11.0 Å². The van der Waals surface area contributed by atoms with Crippen molar-refractivity contribution in [2.45, 2.75) is 19.3 Å². The van der Waals surface area contributed by atoms with Gasteiger partial charge >= 0.3 is 5.97 Å². The molecular formula is C14H16N2O3. The van der Waals surface area contributed by atoms with Gasteiger partial charge in [-0.15, -0.1) is 0 Å². The lowest BCUT2D eigenvalue weighted by Gasteiger charge is -2.22. The van der Waals surface area contributed by atoms with Crippen LogP contribution in [0.4, 0.5) is 5.69 Å². The molecule has 0 aromatic heterocycles. The Balaban J connectivity index is 1.90. The van der Waals surface area contributed by atoms with Crippen molar-refractivity contribution in [3.8, 4) is 0 Å². The summed E-state index contributed by atoms with van der Waals surface area (Å²) in [5.74, 6) is -0.843. The summed E-state index contributed by atoms with van der Waals surface area (Å²) in [6.07, 6.45) is 2.44. The molecular weight excluding hydrogens is 244 g/mol. The zero-order chi connectivity index (χ0) is 13.6. The molecule has 2 aliphatic rings. The first-order valence-electron chi connectivity index (χ1n) is 6.46. The van der Waals surface area contributed by atoms with Gasteiger partial charge in [0, 0.05) is 18.8 Å². The largest absolute Gasteiger partial charge is 0.478 e. The van der Waals surface area contributed by atoms with E-state index in [1.165, 1.54) is 0 Å². The summed E-state index contributed by atoms with van der Waals surface area (Å²) in [6, 6.07) is 4.94. The van der Waals surface area contributed by atoms with Gasteiger partial charge in [-0.05, 0) is 43.0 Å². The lowest BCUT2D eigenvalue weighted by molar-refractivity contribution is -0.123. The van der Waals surface area contributed by atoms with Crippen molar-refractivity contribution in [1.82, 2.24) is 0 Å². The first kappa shape index (κ1) is 12.2. The zero-order valence-electron chi connectivity index (χ0n) is 10.6. The highest BCUT2D eigenvalue weighted by Crippen LogP contribution is 2.47. The van der Waals surface area contributed by atoms with Crippen LogP contribution in [-0.4, -0.2) is 30.1 Å². The molecule has 0 atom stereocenters. The third-order valence-corrected chi connectivity index (χ3v) is 4.17. The topological polar surface area (TPSA) is 83.6 Å². The normalized spacial score (nSPS) is 19.1. The van der Waals surface area contributed by atoms with E-state index >= 15 is 0 Å². The number of carbonyl (C=O) groups is 2. The molecule has 0 unspecified atom stereocenters. The number of nitrogens with two attached hydrogens (primary N) is 1. The molecule has 1 aromatic carbocycles. The van der Waals surface area contributed by atoms with Gasteiger partial charge in [-0.1, -0.05) is 0 Å². The van der Waals surface area contributed by atoms with E-state index in [9.17, 15) is 9.59 Å². The molecule has 3 N–H and O–H groups in total. The summed E-state index contributed by atoms with van der Waals surface area (Å²) in [6.45, 7) is 1.02. The first-order chi connectivity index (χ1) is 9.07. The molecule has 5 nitrogen and oxygen atoms in total. The van der Waals surface area contributed by atoms with Crippen LogP contribution in [0.15, 0.2) is 18.2 Å². The second-order valence-electron chi connectivity index (χ2n) is 5.34. The van der Waals surface area contributed by atoms with Crippen molar-refractivity contribution in [3.05, 3.63) is 29.3 Å². The van der Waals surface area contributed by atoms with Crippen LogP contribution < -0.4 is 10.6 Å². The third kappa shape index (κ3) is 1.81. The standard InChI is InChI=1S/C14H16N2O3/c15-8-14(4-5-14)13(19)16-6-3-9-7-10(12(17)18)1-2-11(9)16/h1-2,7H,3-6,8,15H2,(H,17,18). The van der Waals surface area contributed by atoms with E-state index in [0.717, 1.165) is 24.1 Å². The number of hydrogen-bond acceptors (Lipinski definition) is 3. The van der Waals surface area contributed by atoms with Crippen molar-refractivity contribution >= 4 is 17.6 Å². The van der Waals surface area contributed by atoms with Crippen molar-refractivity contribution in [2.24, 2.45) is 11.1 Å². The molecule has 19 heavy (non-hydrogen) atoms. The second-order valence-corrected chi connectivity index (χ2v) is 5.34. The van der Waals surface area contributed by atoms with Crippen LogP contribution in [-0.2, 0) is 11.2 Å². The van der Waals surface area contributed by atoms with Gasteiger partial charge < -0.3 is 15.7 Å². The molecule has 0 bridgehead atoms. The van der Waals surface area contributed by atoms with Crippen molar-refractivity contribution in [3.63, 3.8) is 0 Å². The van der Waals surface area contributed by atoms with E-state index in [-0.39, 0.29) is 16.9 Å². The Bertz CT molecular complexity index is 564. The highest BCUT2D eigenvalue weighted by molar-refractivity contribution is 6.01. The quantitative estimate of drug-likeness (QED) is 0.849. The molecule has 1 aromatic rings. The fourth-order valence-electron chi connectivity index (χ4n) is 2.69. The van der Waals surface area contributed by atoms with Gasteiger partial charge in [0.15, 0.2) is 0 Å². The molecule has 0 spiro atoms. The number of carboxylic acids is 1. The summed E-state index contributed by atoms with van der Waals surface area (Å²) in [5.41, 5.74) is 7.39. The number of rotatable bonds is 3. The van der Waals surface area contributed by atoms with Crippen LogP contribution in [0.25, 0.3) is 0 Å². The van der Waals surface area contributed by atoms with Crippen LogP contribution in [0.2, 0.25) is 0 Å². The van der Waals surface area contributed by atoms with Crippen molar-refractivity contribution in [2.75, 3.05) is 18.0 Å². The minimum atomic E-state index is -0.937. The third-order valence-electron chi connectivity index (χ3n) is 4.17. The number of carboxylic acid groups (broad SMARTS) is 1. The van der Waals surface area contributed by atoms with Gasteiger partial charge in [-0.25, -0.2) is 4.79 Å². The molecule has 100 valence electrons. The summed E-state index contributed by atoms with van der Waals surface area (Å²) >= 11 is 0. The maximum absolute atomic E-state index is 12.5. The zero-order valence-corrected chi connectivity index (χ0v) is 10.6. The molecule has 1 aliphatic heterocycles. The summed E-state index contributed by atoms with van der Waals surface area (Å²) in [4.78, 5) is 25.2. The van der Waals surface area contributed by atoms with Crippen molar-refractivity contribution in [1.29, 1.82) is 0 Å². The fraction of sp³-hybridized carbons (Fsp3) is 0.429. The number of benzene rings is 1. The Labute approximate surface area is 111 Å². The highest BCUT2D eigenvalue weighted by atomic mass is 16.4. The highest BCUT2D eigenvalue weighted by Gasteiger charge is 2.51. The van der Waals surface area contributed by atoms with Gasteiger partial charge in [0.1, 0.15) is 0 Å². The monoisotopic (exact) mass is 260 g/mol. The Morgan fingerprint density at radius 3 is 2.68 bits per heavy atom. The SMILES string of the molecule is NCC1(C(=O)N2CCc3cc(C(=O)O)ccc32)CC1. The Hall–Kier alpha value is -1.88. The van der Waals surface area contributed by atoms with Crippen LogP contribution in [0.3, 0.4) is 0 Å². The number of anilines is 1. The first-order valence-corrected chi connectivity index (χ1v) is 6.46. The Kier molecular flexibility index (Phi) is 2.60. The molecule has 1 amide bonds. The molecule has 1 heterocycles. The molecule has 1 saturated carbocycles. The molecule has 3 rings (SSSR count). The average molecular weight is 260 g/mol. The number of hydrogen-bond donors (Lipinski definition) is 2. The maximum Gasteiger partial charge on any atom is 0.335 e. The van der Waals surface area contributed by atoms with Crippen molar-refractivity contribution < 1.29 is 14.7 Å². The molecule has 0 radical (unpaired) electrons. The van der Waals surface area contributed by atoms with E-state index < -0.39 is 5.97 Å². The van der Waals surface area contributed by atoms with Crippen LogP contribution >= 0.6 is 0 Å². The predicted octanol–water partition coefficient (Wildman–Crippen LogP) is 1.01. The lowest BCUT2D eigenvalue weighted by Crippen LogP contribution is -2.39. The smallest absolute Gasteiger partial charge is 0.335 e. The number of aromatic carboxylic acids is 1. The number of fused-ring (bicyclic) bond motifs is 1. The van der Waals surface area contributed by atoms with Gasteiger partial charge in [0.25, 0.3) is 0 Å². The molecule has 5 heteroatoms. The van der Waals surface area contributed by atoms with E-state index in [2.05, 4.69) is 0 Å². The number of amides is 1. The van der Waals surface area contributed by atoms with Crippen LogP contribution in [0, 0.1) is 5.41 Å². The minimum absolute atomic E-state index is 0.0943. The molecule has 1 aliphatic carbocycles. The van der Waals surface area contributed by atoms with Gasteiger partial charge in [-0.3, -0.25) is 4.79 Å². The van der Waals surface area contributed by atoms with Gasteiger partial charge in [-0.2, -0.15) is 0 Å². The molecule has 1 fully saturated rings. The average Bonchev–Trinajstić information content (AvgIpc) is 3.10. The van der Waals surface area contributed by atoms with E-state index in [0.29, 0.717) is 19.5 Å². The summed E-state index contributed by atoms with van der Waals surface area (Å²) in [5, 5.41) is 8.97. The molecule has 0 saturated heterocycles. The van der Waals surface area contributed by atoms with Crippen LogP contribution in [0.5, 0.6) is 0 Å². The number of carbonyl (C=O) groups excluding carboxylic acids is 1. The van der Waals surface area contributed by atoms with E-state index in [1.807, 2.05) is 0 Å². The maximum atomic E-state index is 12.5.